The fraction of sp³-hybridized carbons (Fsp3) is 0.462. The van der Waals surface area contributed by atoms with Crippen LogP contribution in [0.4, 0.5) is 17.6 Å². The molecule has 2 aromatic carbocycles. The number of piperidine rings is 1. The summed E-state index contributed by atoms with van der Waals surface area (Å²) in [7, 11) is -4.84. The van der Waals surface area contributed by atoms with Crippen molar-refractivity contribution in [3.63, 3.8) is 0 Å². The number of carbonyl (C=O) groups is 2. The molecule has 14 heteroatoms. The van der Waals surface area contributed by atoms with Gasteiger partial charge in [0.05, 0.1) is 11.8 Å². The molecule has 1 saturated heterocycles. The van der Waals surface area contributed by atoms with Crippen molar-refractivity contribution in [2.24, 2.45) is 0 Å². The van der Waals surface area contributed by atoms with Crippen LogP contribution in [0, 0.1) is 12.7 Å². The molecule has 1 atom stereocenters. The summed E-state index contributed by atoms with van der Waals surface area (Å²) >= 11 is 6.38. The Labute approximate surface area is 233 Å². The van der Waals surface area contributed by atoms with Crippen molar-refractivity contribution >= 4 is 33.5 Å². The normalized spacial score (nSPS) is 18.3. The number of halogens is 5. The number of aryl methyl sites for hydroxylation is 1. The highest BCUT2D eigenvalue weighted by Gasteiger charge is 2.46. The molecule has 0 spiro atoms. The van der Waals surface area contributed by atoms with Crippen molar-refractivity contribution in [2.45, 2.75) is 57.3 Å². The van der Waals surface area contributed by atoms with Gasteiger partial charge in [0.1, 0.15) is 17.7 Å². The topological polar surface area (TPSA) is 93.2 Å². The number of hydroxylamine groups is 1. The molecule has 40 heavy (non-hydrogen) atoms. The van der Waals surface area contributed by atoms with Gasteiger partial charge in [0, 0.05) is 24.2 Å². The quantitative estimate of drug-likeness (QED) is 0.319. The van der Waals surface area contributed by atoms with Crippen LogP contribution in [0.25, 0.3) is 0 Å². The Bertz CT molecular complexity index is 1410. The van der Waals surface area contributed by atoms with E-state index >= 15 is 4.39 Å². The van der Waals surface area contributed by atoms with Crippen LogP contribution in [0.5, 0.6) is 5.75 Å². The standard InChI is InChI=1S/C26H27ClF4N2O6S/c1-15-5-6-17(21(27)10-15)13-32-9-3-4-18(14-32)38-23-12-22(28)20(11-19(23)16-7-8-16)24(34)33(40(2,36)37)39-25(35)26(29,30)31/h5-6,10-12,16,18H,3-4,7-9,13-14H2,1-2H3/t18-/m1/s1. The molecule has 1 saturated carbocycles. The Hall–Kier alpha value is -2.90. The first-order valence-electron chi connectivity index (χ1n) is 12.4. The number of hydrogen-bond donors (Lipinski definition) is 0. The van der Waals surface area contributed by atoms with Crippen LogP contribution >= 0.6 is 11.6 Å². The number of likely N-dealkylation sites (tertiary alicyclic amines) is 1. The monoisotopic (exact) mass is 606 g/mol. The van der Waals surface area contributed by atoms with E-state index in [9.17, 15) is 31.2 Å². The third-order valence-electron chi connectivity index (χ3n) is 6.57. The fourth-order valence-electron chi connectivity index (χ4n) is 4.49. The zero-order valence-electron chi connectivity index (χ0n) is 21.6. The predicted molar refractivity (Wildman–Crippen MR) is 137 cm³/mol. The van der Waals surface area contributed by atoms with E-state index in [1.54, 1.807) is 0 Å². The van der Waals surface area contributed by atoms with E-state index in [0.717, 1.165) is 36.2 Å². The molecule has 0 unspecified atom stereocenters. The lowest BCUT2D eigenvalue weighted by Crippen LogP contribution is -2.42. The first kappa shape index (κ1) is 30.1. The van der Waals surface area contributed by atoms with Gasteiger partial charge in [0.15, 0.2) is 0 Å². The van der Waals surface area contributed by atoms with Crippen molar-refractivity contribution in [3.05, 3.63) is 63.4 Å². The van der Waals surface area contributed by atoms with E-state index < -0.39 is 43.9 Å². The van der Waals surface area contributed by atoms with Crippen LogP contribution in [0.15, 0.2) is 30.3 Å². The molecule has 1 aliphatic heterocycles. The second-order valence-electron chi connectivity index (χ2n) is 10.0. The summed E-state index contributed by atoms with van der Waals surface area (Å²) in [5.41, 5.74) is 1.55. The number of alkyl halides is 3. The van der Waals surface area contributed by atoms with Crippen molar-refractivity contribution in [1.29, 1.82) is 0 Å². The Morgan fingerprint density at radius 1 is 1.15 bits per heavy atom. The van der Waals surface area contributed by atoms with Gasteiger partial charge in [0.25, 0.3) is 10.0 Å². The molecule has 4 rings (SSSR count). The zero-order valence-corrected chi connectivity index (χ0v) is 23.2. The van der Waals surface area contributed by atoms with Gasteiger partial charge < -0.3 is 9.57 Å². The number of sulfonamides is 1. The van der Waals surface area contributed by atoms with Gasteiger partial charge in [-0.2, -0.15) is 13.2 Å². The molecule has 0 aromatic heterocycles. The minimum absolute atomic E-state index is 0.113. The molecular weight excluding hydrogens is 580 g/mol. The van der Waals surface area contributed by atoms with Gasteiger partial charge >= 0.3 is 18.1 Å². The summed E-state index contributed by atoms with van der Waals surface area (Å²) in [6.07, 6.45) is -2.69. The van der Waals surface area contributed by atoms with Gasteiger partial charge in [0.2, 0.25) is 0 Å². The van der Waals surface area contributed by atoms with Crippen LogP contribution in [0.1, 0.15) is 58.6 Å². The number of nitrogens with zero attached hydrogens (tertiary/aromatic N) is 2. The zero-order chi connectivity index (χ0) is 29.4. The van der Waals surface area contributed by atoms with E-state index in [0.29, 0.717) is 49.2 Å². The number of hydrogen-bond acceptors (Lipinski definition) is 7. The maximum atomic E-state index is 15.2. The lowest BCUT2D eigenvalue weighted by atomic mass is 10.0. The minimum Gasteiger partial charge on any atom is -0.489 e. The average molecular weight is 607 g/mol. The molecule has 8 nitrogen and oxygen atoms in total. The highest BCUT2D eigenvalue weighted by Crippen LogP contribution is 2.46. The van der Waals surface area contributed by atoms with Gasteiger partial charge in [-0.15, -0.1) is 0 Å². The SMILES string of the molecule is Cc1ccc(CN2CCC[C@@H](Oc3cc(F)c(C(=O)N(OC(=O)C(F)(F)F)S(C)(=O)=O)cc3C3CC3)C2)c(Cl)c1. The molecule has 1 heterocycles. The molecular formula is C26H27ClF4N2O6S. The highest BCUT2D eigenvalue weighted by molar-refractivity contribution is 7.88. The van der Waals surface area contributed by atoms with Crippen LogP contribution in [-0.4, -0.2) is 61.3 Å². The van der Waals surface area contributed by atoms with Crippen LogP contribution in [-0.2, 0) is 26.2 Å². The third kappa shape index (κ3) is 7.24. The summed E-state index contributed by atoms with van der Waals surface area (Å²) < 4.78 is 82.6. The van der Waals surface area contributed by atoms with Crippen molar-refractivity contribution in [2.75, 3.05) is 19.3 Å². The summed E-state index contributed by atoms with van der Waals surface area (Å²) in [5, 5.41) is 0.658. The van der Waals surface area contributed by atoms with Crippen molar-refractivity contribution < 1.29 is 45.1 Å². The summed E-state index contributed by atoms with van der Waals surface area (Å²) in [6.45, 7) is 3.86. The molecule has 1 amide bonds. The fourth-order valence-corrected chi connectivity index (χ4v) is 5.39. The smallest absolute Gasteiger partial charge is 0.489 e. The third-order valence-corrected chi connectivity index (χ3v) is 7.76. The predicted octanol–water partition coefficient (Wildman–Crippen LogP) is 5.13. The van der Waals surface area contributed by atoms with E-state index in [2.05, 4.69) is 9.74 Å². The van der Waals surface area contributed by atoms with E-state index in [1.165, 1.54) is 0 Å². The Morgan fingerprint density at radius 3 is 2.45 bits per heavy atom. The maximum absolute atomic E-state index is 15.2. The van der Waals surface area contributed by atoms with Gasteiger partial charge in [-0.05, 0) is 73.9 Å². The number of ether oxygens (including phenoxy) is 1. The second kappa shape index (κ2) is 11.5. The lowest BCUT2D eigenvalue weighted by molar-refractivity contribution is -0.216. The molecule has 2 aromatic rings. The molecule has 0 N–H and O–H groups in total. The van der Waals surface area contributed by atoms with E-state index in [-0.39, 0.29) is 17.8 Å². The van der Waals surface area contributed by atoms with E-state index in [4.69, 9.17) is 16.3 Å². The largest absolute Gasteiger partial charge is 0.493 e. The Balaban J connectivity index is 1.55. The van der Waals surface area contributed by atoms with Gasteiger partial charge in [-0.25, -0.2) is 17.6 Å². The maximum Gasteiger partial charge on any atom is 0.493 e. The Kier molecular flexibility index (Phi) is 8.67. The van der Waals surface area contributed by atoms with Crippen molar-refractivity contribution in [3.8, 4) is 5.75 Å². The van der Waals surface area contributed by atoms with Crippen LogP contribution < -0.4 is 4.74 Å². The van der Waals surface area contributed by atoms with E-state index in [1.807, 2.05) is 25.1 Å². The number of amides is 1. The number of benzene rings is 2. The number of rotatable bonds is 7. The number of carbonyl (C=O) groups excluding carboxylic acids is 2. The van der Waals surface area contributed by atoms with Gasteiger partial charge in [-0.1, -0.05) is 28.2 Å². The molecule has 0 radical (unpaired) electrons. The highest BCUT2D eigenvalue weighted by atomic mass is 35.5. The first-order valence-corrected chi connectivity index (χ1v) is 14.7. The first-order chi connectivity index (χ1) is 18.6. The van der Waals surface area contributed by atoms with Crippen LogP contribution in [0.3, 0.4) is 0 Å². The molecule has 2 aliphatic rings. The molecule has 218 valence electrons. The summed E-state index contributed by atoms with van der Waals surface area (Å²) in [5.74, 6) is -5.90. The molecule has 0 bridgehead atoms. The second-order valence-corrected chi connectivity index (χ2v) is 12.2. The summed E-state index contributed by atoms with van der Waals surface area (Å²) in [6, 6.07) is 7.79. The molecule has 1 aliphatic carbocycles. The van der Waals surface area contributed by atoms with Crippen LogP contribution in [0.2, 0.25) is 5.02 Å². The Morgan fingerprint density at radius 2 is 1.85 bits per heavy atom. The van der Waals surface area contributed by atoms with Crippen molar-refractivity contribution in [1.82, 2.24) is 9.37 Å². The summed E-state index contributed by atoms with van der Waals surface area (Å²) in [4.78, 5) is 30.1. The molecule has 2 fully saturated rings. The van der Waals surface area contributed by atoms with Gasteiger partial charge in [-0.3, -0.25) is 9.69 Å². The minimum atomic E-state index is -5.59. The average Bonchev–Trinajstić information content (AvgIpc) is 3.68. The lowest BCUT2D eigenvalue weighted by Gasteiger charge is -2.33.